The zero-order valence-corrected chi connectivity index (χ0v) is 8.39. The third kappa shape index (κ3) is 3.68. The van der Waals surface area contributed by atoms with Crippen LogP contribution in [0.25, 0.3) is 0 Å². The summed E-state index contributed by atoms with van der Waals surface area (Å²) in [5.74, 6) is 3.90. The Labute approximate surface area is 93.6 Å². The number of aromatic nitrogens is 1. The fraction of sp³-hybridized carbons (Fsp3) is 0.200. The Morgan fingerprint density at radius 3 is 2.65 bits per heavy atom. The van der Waals surface area contributed by atoms with Crippen molar-refractivity contribution in [3.63, 3.8) is 0 Å². The summed E-state index contributed by atoms with van der Waals surface area (Å²) in [7, 11) is 0. The molecular weight excluding hydrogens is 237 g/mol. The van der Waals surface area contributed by atoms with Crippen LogP contribution < -0.4 is 11.3 Å². The average molecular weight is 244 g/mol. The van der Waals surface area contributed by atoms with Crippen molar-refractivity contribution in [1.29, 1.82) is 0 Å². The molecule has 0 aromatic carbocycles. The number of hydrogen-bond acceptors (Lipinski definition) is 2. The molecule has 0 aliphatic carbocycles. The second-order valence-corrected chi connectivity index (χ2v) is 3.07. The Morgan fingerprint density at radius 1 is 1.47 bits per heavy atom. The molecule has 1 rings (SSSR count). The minimum Gasteiger partial charge on any atom is -0.369 e. The van der Waals surface area contributed by atoms with E-state index in [-0.39, 0.29) is 12.0 Å². The van der Waals surface area contributed by atoms with Crippen molar-refractivity contribution in [3.05, 3.63) is 33.7 Å². The summed E-state index contributed by atoms with van der Waals surface area (Å²) in [6.45, 7) is 0. The number of hydrogen-bond donors (Lipinski definition) is 2. The molecule has 0 saturated carbocycles. The highest BCUT2D eigenvalue weighted by atomic mass is 19.4. The summed E-state index contributed by atoms with van der Waals surface area (Å²) in [6.07, 6.45) is -3.97. The maximum atomic E-state index is 12.3. The van der Waals surface area contributed by atoms with Gasteiger partial charge in [0.05, 0.1) is 6.42 Å². The lowest BCUT2D eigenvalue weighted by molar-refractivity contribution is -0.138. The number of rotatable bonds is 1. The first kappa shape index (κ1) is 12.8. The molecule has 0 bridgehead atoms. The largest absolute Gasteiger partial charge is 0.421 e. The highest BCUT2D eigenvalue weighted by molar-refractivity contribution is 5.76. The van der Waals surface area contributed by atoms with Gasteiger partial charge in [-0.2, -0.15) is 13.2 Å². The number of nitrogens with one attached hydrogen (secondary N) is 1. The molecule has 90 valence electrons. The Kier molecular flexibility index (Phi) is 3.58. The smallest absolute Gasteiger partial charge is 0.369 e. The molecule has 0 atom stereocenters. The van der Waals surface area contributed by atoms with Crippen LogP contribution in [-0.4, -0.2) is 10.9 Å². The van der Waals surface area contributed by atoms with Crippen molar-refractivity contribution in [2.75, 3.05) is 0 Å². The lowest BCUT2D eigenvalue weighted by Crippen LogP contribution is -2.21. The SMILES string of the molecule is NC(=O)CC#Cc1c[nH]c(=O)c(C(F)(F)F)c1. The maximum Gasteiger partial charge on any atom is 0.421 e. The van der Waals surface area contributed by atoms with Gasteiger partial charge in [0.25, 0.3) is 5.56 Å². The zero-order valence-electron chi connectivity index (χ0n) is 8.39. The minimum atomic E-state index is -4.74. The van der Waals surface area contributed by atoms with Crippen LogP contribution in [0.5, 0.6) is 0 Å². The van der Waals surface area contributed by atoms with Crippen LogP contribution in [0.2, 0.25) is 0 Å². The number of primary amides is 1. The molecule has 1 aromatic heterocycles. The van der Waals surface area contributed by atoms with Gasteiger partial charge in [0.1, 0.15) is 5.56 Å². The topological polar surface area (TPSA) is 76.0 Å². The predicted octanol–water partition coefficient (Wildman–Crippen LogP) is 0.621. The van der Waals surface area contributed by atoms with Gasteiger partial charge in [-0.3, -0.25) is 9.59 Å². The third-order valence-electron chi connectivity index (χ3n) is 1.70. The first-order chi connectivity index (χ1) is 7.80. The highest BCUT2D eigenvalue weighted by Gasteiger charge is 2.33. The van der Waals surface area contributed by atoms with Gasteiger partial charge in [0, 0.05) is 11.8 Å². The van der Waals surface area contributed by atoms with Gasteiger partial charge in [-0.1, -0.05) is 11.8 Å². The Hall–Kier alpha value is -2.23. The van der Waals surface area contributed by atoms with Crippen LogP contribution in [0.4, 0.5) is 13.2 Å². The fourth-order valence-electron chi connectivity index (χ4n) is 1.000. The van der Waals surface area contributed by atoms with Crippen LogP contribution in [0, 0.1) is 11.8 Å². The second kappa shape index (κ2) is 4.74. The van der Waals surface area contributed by atoms with Gasteiger partial charge < -0.3 is 10.7 Å². The van der Waals surface area contributed by atoms with Gasteiger partial charge in [-0.15, -0.1) is 0 Å². The summed E-state index contributed by atoms with van der Waals surface area (Å²) in [5.41, 5.74) is 2.19. The van der Waals surface area contributed by atoms with E-state index in [0.717, 1.165) is 6.20 Å². The molecular formula is C10H7F3N2O2. The summed E-state index contributed by atoms with van der Waals surface area (Å²) in [4.78, 5) is 23.2. The summed E-state index contributed by atoms with van der Waals surface area (Å²) < 4.78 is 37.0. The van der Waals surface area contributed by atoms with Crippen molar-refractivity contribution in [1.82, 2.24) is 4.98 Å². The predicted molar refractivity (Wildman–Crippen MR) is 52.8 cm³/mol. The van der Waals surface area contributed by atoms with E-state index < -0.39 is 23.2 Å². The maximum absolute atomic E-state index is 12.3. The summed E-state index contributed by atoms with van der Waals surface area (Å²) >= 11 is 0. The van der Waals surface area contributed by atoms with E-state index in [1.54, 1.807) is 0 Å². The van der Waals surface area contributed by atoms with Crippen molar-refractivity contribution < 1.29 is 18.0 Å². The zero-order chi connectivity index (χ0) is 13.1. The highest BCUT2D eigenvalue weighted by Crippen LogP contribution is 2.26. The minimum absolute atomic E-state index is 0.0434. The molecule has 0 aliphatic heterocycles. The van der Waals surface area contributed by atoms with E-state index in [4.69, 9.17) is 5.73 Å². The molecule has 0 saturated heterocycles. The number of H-pyrrole nitrogens is 1. The molecule has 3 N–H and O–H groups in total. The van der Waals surface area contributed by atoms with E-state index in [0.29, 0.717) is 6.07 Å². The van der Waals surface area contributed by atoms with Crippen LogP contribution in [0.15, 0.2) is 17.1 Å². The second-order valence-electron chi connectivity index (χ2n) is 3.07. The van der Waals surface area contributed by atoms with E-state index in [1.165, 1.54) is 0 Å². The van der Waals surface area contributed by atoms with Gasteiger partial charge in [0.15, 0.2) is 0 Å². The lowest BCUT2D eigenvalue weighted by Gasteiger charge is -2.04. The van der Waals surface area contributed by atoms with Crippen LogP contribution >= 0.6 is 0 Å². The standard InChI is InChI=1S/C10H7F3N2O2/c11-10(12,13)7-4-6(5-15-9(7)17)2-1-3-8(14)16/h4-5H,3H2,(H2,14,16)(H,15,17). The molecule has 0 fully saturated rings. The number of halogens is 3. The van der Waals surface area contributed by atoms with Gasteiger partial charge >= 0.3 is 6.18 Å². The van der Waals surface area contributed by atoms with Gasteiger partial charge in [-0.25, -0.2) is 0 Å². The third-order valence-corrected chi connectivity index (χ3v) is 1.70. The molecule has 0 aliphatic rings. The van der Waals surface area contributed by atoms with E-state index in [2.05, 4.69) is 11.8 Å². The number of nitrogens with two attached hydrogens (primary N) is 1. The first-order valence-electron chi connectivity index (χ1n) is 4.38. The van der Waals surface area contributed by atoms with Crippen molar-refractivity contribution >= 4 is 5.91 Å². The number of amides is 1. The monoisotopic (exact) mass is 244 g/mol. The fourth-order valence-corrected chi connectivity index (χ4v) is 1.000. The number of aromatic amines is 1. The van der Waals surface area contributed by atoms with E-state index >= 15 is 0 Å². The number of pyridine rings is 1. The Balaban J connectivity index is 3.08. The molecule has 0 spiro atoms. The molecule has 7 heteroatoms. The lowest BCUT2D eigenvalue weighted by atomic mass is 10.2. The van der Waals surface area contributed by atoms with Crippen molar-refractivity contribution in [3.8, 4) is 11.8 Å². The summed E-state index contributed by atoms with van der Waals surface area (Å²) in [5, 5.41) is 0. The van der Waals surface area contributed by atoms with Crippen molar-refractivity contribution in [2.45, 2.75) is 12.6 Å². The molecule has 1 aromatic rings. The van der Waals surface area contributed by atoms with E-state index in [9.17, 15) is 22.8 Å². The normalized spacial score (nSPS) is 10.5. The summed E-state index contributed by atoms with van der Waals surface area (Å²) in [6, 6.07) is 0.618. The van der Waals surface area contributed by atoms with Gasteiger partial charge in [-0.05, 0) is 6.07 Å². The molecule has 1 amide bonds. The van der Waals surface area contributed by atoms with Crippen LogP contribution in [0.1, 0.15) is 17.5 Å². The first-order valence-corrected chi connectivity index (χ1v) is 4.38. The van der Waals surface area contributed by atoms with Crippen LogP contribution in [0.3, 0.4) is 0 Å². The molecule has 17 heavy (non-hydrogen) atoms. The quantitative estimate of drug-likeness (QED) is 0.710. The number of alkyl halides is 3. The average Bonchev–Trinajstić information content (AvgIpc) is 2.18. The molecule has 0 radical (unpaired) electrons. The number of carbonyl (C=O) groups excluding carboxylic acids is 1. The van der Waals surface area contributed by atoms with Crippen molar-refractivity contribution in [2.24, 2.45) is 5.73 Å². The van der Waals surface area contributed by atoms with Gasteiger partial charge in [0.2, 0.25) is 5.91 Å². The molecule has 0 unspecified atom stereocenters. The Bertz CT molecular complexity index is 549. The molecule has 4 nitrogen and oxygen atoms in total. The van der Waals surface area contributed by atoms with E-state index in [1.807, 2.05) is 4.98 Å². The number of carbonyl (C=O) groups is 1. The Morgan fingerprint density at radius 2 is 2.12 bits per heavy atom. The van der Waals surface area contributed by atoms with Crippen LogP contribution in [-0.2, 0) is 11.0 Å². The molecule has 1 heterocycles.